The molecule has 6 N–H and O–H groups in total. The normalized spacial score (nSPS) is 11.3. The summed E-state index contributed by atoms with van der Waals surface area (Å²) in [5.74, 6) is 0.936. The Morgan fingerprint density at radius 3 is 2.19 bits per heavy atom. The van der Waals surface area contributed by atoms with E-state index in [4.69, 9.17) is 15.6 Å². The highest BCUT2D eigenvalue weighted by Gasteiger charge is 2.09. The van der Waals surface area contributed by atoms with Gasteiger partial charge in [0.15, 0.2) is 0 Å². The molecule has 4 rings (SSSR count). The van der Waals surface area contributed by atoms with Gasteiger partial charge in [-0.3, -0.25) is 0 Å². The van der Waals surface area contributed by atoms with E-state index in [0.717, 1.165) is 34.7 Å². The first-order chi connectivity index (χ1) is 18.0. The van der Waals surface area contributed by atoms with Gasteiger partial charge in [0.05, 0.1) is 19.3 Å². The van der Waals surface area contributed by atoms with Gasteiger partial charge in [-0.2, -0.15) is 0 Å². The molecule has 4 aromatic rings. The summed E-state index contributed by atoms with van der Waals surface area (Å²) in [6.45, 7) is 4.70. The van der Waals surface area contributed by atoms with Gasteiger partial charge in [-0.1, -0.05) is 55.5 Å². The molecule has 0 bridgehead atoms. The Labute approximate surface area is 219 Å². The Hall–Kier alpha value is -3.84. The van der Waals surface area contributed by atoms with E-state index in [1.807, 2.05) is 19.1 Å². The molecule has 0 saturated carbocycles. The fraction of sp³-hybridized carbons (Fsp3) is 0.226. The molecule has 0 aliphatic carbocycles. The molecular formula is C31H36N2O4. The summed E-state index contributed by atoms with van der Waals surface area (Å²) in [5.41, 5.74) is 12.0. The Kier molecular flexibility index (Phi) is 10.5. The number of hydrogen-bond donors (Lipinski definition) is 5. The minimum Gasteiger partial charge on any atom is -0.508 e. The van der Waals surface area contributed by atoms with E-state index < -0.39 is 6.10 Å². The van der Waals surface area contributed by atoms with Gasteiger partial charge in [-0.05, 0) is 72.5 Å². The van der Waals surface area contributed by atoms with Gasteiger partial charge in [-0.15, -0.1) is 0 Å². The quantitative estimate of drug-likeness (QED) is 0.195. The molecule has 0 radical (unpaired) electrons. The summed E-state index contributed by atoms with van der Waals surface area (Å²) in [4.78, 5) is 0. The fourth-order valence-electron chi connectivity index (χ4n) is 3.80. The highest BCUT2D eigenvalue weighted by molar-refractivity contribution is 5.76. The maximum Gasteiger partial charge on any atom is 0.127 e. The Morgan fingerprint density at radius 2 is 1.57 bits per heavy atom. The van der Waals surface area contributed by atoms with Crippen molar-refractivity contribution in [2.24, 2.45) is 5.73 Å². The number of anilines is 2. The molecule has 0 fully saturated rings. The molecule has 0 aromatic heterocycles. The number of aromatic hydroxyl groups is 1. The Balaban J connectivity index is 0.000000248. The lowest BCUT2D eigenvalue weighted by Gasteiger charge is -2.14. The van der Waals surface area contributed by atoms with Crippen LogP contribution in [0, 0.1) is 0 Å². The first-order valence-corrected chi connectivity index (χ1v) is 12.5. The summed E-state index contributed by atoms with van der Waals surface area (Å²) >= 11 is 0. The van der Waals surface area contributed by atoms with Crippen LogP contribution in [0.3, 0.4) is 0 Å². The van der Waals surface area contributed by atoms with E-state index >= 15 is 0 Å². The average Bonchev–Trinajstić information content (AvgIpc) is 2.95. The van der Waals surface area contributed by atoms with Crippen molar-refractivity contribution in [2.45, 2.75) is 33.0 Å². The lowest BCUT2D eigenvalue weighted by molar-refractivity contribution is 0.186. The van der Waals surface area contributed by atoms with Crippen molar-refractivity contribution in [1.82, 2.24) is 0 Å². The van der Waals surface area contributed by atoms with Crippen LogP contribution < -0.4 is 15.8 Å². The number of aryl methyl sites for hydroxylation is 1. The van der Waals surface area contributed by atoms with E-state index in [0.29, 0.717) is 17.7 Å². The number of aliphatic hydroxyl groups excluding tert-OH is 2. The van der Waals surface area contributed by atoms with Gasteiger partial charge >= 0.3 is 0 Å². The lowest BCUT2D eigenvalue weighted by Crippen LogP contribution is -2.11. The third-order valence-corrected chi connectivity index (χ3v) is 5.90. The zero-order chi connectivity index (χ0) is 26.6. The topological polar surface area (TPSA) is 108 Å². The minimum atomic E-state index is -0.745. The second-order valence-electron chi connectivity index (χ2n) is 8.48. The van der Waals surface area contributed by atoms with Gasteiger partial charge in [-0.25, -0.2) is 0 Å². The van der Waals surface area contributed by atoms with Crippen LogP contribution in [-0.2, 0) is 13.0 Å². The monoisotopic (exact) mass is 500 g/mol. The molecular weight excluding hydrogens is 464 g/mol. The second kappa shape index (κ2) is 14.0. The zero-order valence-electron chi connectivity index (χ0n) is 21.4. The number of hydrogen-bond acceptors (Lipinski definition) is 6. The molecule has 6 heteroatoms. The summed E-state index contributed by atoms with van der Waals surface area (Å²) in [6.07, 6.45) is 0.312. The molecule has 194 valence electrons. The molecule has 37 heavy (non-hydrogen) atoms. The minimum absolute atomic E-state index is 0.0236. The second-order valence-corrected chi connectivity index (χ2v) is 8.48. The third kappa shape index (κ3) is 7.82. The van der Waals surface area contributed by atoms with Crippen LogP contribution >= 0.6 is 0 Å². The molecule has 0 aliphatic rings. The van der Waals surface area contributed by atoms with Crippen molar-refractivity contribution in [3.63, 3.8) is 0 Å². The van der Waals surface area contributed by atoms with Gasteiger partial charge in [0.25, 0.3) is 0 Å². The van der Waals surface area contributed by atoms with Crippen molar-refractivity contribution < 1.29 is 20.1 Å². The molecule has 6 nitrogen and oxygen atoms in total. The van der Waals surface area contributed by atoms with E-state index in [1.54, 1.807) is 6.07 Å². The standard InChI is InChI=1S/C22H23NO.C9H13NO3/c1-3-17-10-12-19(13-11-17)23-20-14-15-22(24-4-2)21(16-20)18-8-6-5-7-9-18;10-4-9(13)6-1-2-8(12)7(3-6)5-11/h5-16,23H,3-4H2,1-2H3;1-3,9,11-13H,4-5,10H2. The van der Waals surface area contributed by atoms with Crippen molar-refractivity contribution in [3.8, 4) is 22.6 Å². The largest absolute Gasteiger partial charge is 0.508 e. The van der Waals surface area contributed by atoms with Gasteiger partial charge in [0.2, 0.25) is 0 Å². The van der Waals surface area contributed by atoms with Crippen LogP contribution in [0.15, 0.2) is 91.0 Å². The molecule has 4 aromatic carbocycles. The number of ether oxygens (including phenoxy) is 1. The zero-order valence-corrected chi connectivity index (χ0v) is 21.4. The molecule has 1 atom stereocenters. The molecule has 1 unspecified atom stereocenters. The molecule has 0 heterocycles. The van der Waals surface area contributed by atoms with Crippen LogP contribution in [0.25, 0.3) is 11.1 Å². The summed E-state index contributed by atoms with van der Waals surface area (Å²) in [6, 6.07) is 29.7. The summed E-state index contributed by atoms with van der Waals surface area (Å²) in [5, 5.41) is 30.9. The highest BCUT2D eigenvalue weighted by Crippen LogP contribution is 2.33. The van der Waals surface area contributed by atoms with E-state index in [-0.39, 0.29) is 18.9 Å². The van der Waals surface area contributed by atoms with Crippen LogP contribution in [0.2, 0.25) is 0 Å². The Morgan fingerprint density at radius 1 is 0.865 bits per heavy atom. The summed E-state index contributed by atoms with van der Waals surface area (Å²) < 4.78 is 5.80. The fourth-order valence-corrected chi connectivity index (χ4v) is 3.80. The van der Waals surface area contributed by atoms with Crippen molar-refractivity contribution in [3.05, 3.63) is 108 Å². The highest BCUT2D eigenvalue weighted by atomic mass is 16.5. The van der Waals surface area contributed by atoms with Crippen LogP contribution in [0.5, 0.6) is 11.5 Å². The van der Waals surface area contributed by atoms with E-state index in [1.165, 1.54) is 17.7 Å². The number of aliphatic hydroxyl groups is 2. The number of benzene rings is 4. The van der Waals surface area contributed by atoms with Crippen LogP contribution in [0.4, 0.5) is 11.4 Å². The maximum atomic E-state index is 9.35. The van der Waals surface area contributed by atoms with Crippen molar-refractivity contribution in [1.29, 1.82) is 0 Å². The number of rotatable bonds is 9. The van der Waals surface area contributed by atoms with Crippen molar-refractivity contribution >= 4 is 11.4 Å². The Bertz CT molecular complexity index is 1240. The van der Waals surface area contributed by atoms with Crippen molar-refractivity contribution in [2.75, 3.05) is 18.5 Å². The number of nitrogens with one attached hydrogen (secondary N) is 1. The molecule has 0 aliphatic heterocycles. The van der Waals surface area contributed by atoms with Gasteiger partial charge < -0.3 is 31.1 Å². The van der Waals surface area contributed by atoms with Gasteiger partial charge in [0, 0.05) is 29.0 Å². The SMILES string of the molecule is CCOc1ccc(Nc2ccc(CC)cc2)cc1-c1ccccc1.NCC(O)c1ccc(O)c(CO)c1. The van der Waals surface area contributed by atoms with E-state index in [9.17, 15) is 10.2 Å². The third-order valence-electron chi connectivity index (χ3n) is 5.90. The molecule has 0 amide bonds. The first kappa shape index (κ1) is 27.7. The van der Waals surface area contributed by atoms with Crippen LogP contribution in [0.1, 0.15) is 36.6 Å². The smallest absolute Gasteiger partial charge is 0.127 e. The average molecular weight is 501 g/mol. The van der Waals surface area contributed by atoms with Gasteiger partial charge in [0.1, 0.15) is 11.5 Å². The van der Waals surface area contributed by atoms with E-state index in [2.05, 4.69) is 72.9 Å². The molecule has 0 spiro atoms. The number of nitrogens with two attached hydrogens (primary N) is 1. The maximum absolute atomic E-state index is 9.35. The number of phenols is 1. The predicted octanol–water partition coefficient (Wildman–Crippen LogP) is 5.93. The summed E-state index contributed by atoms with van der Waals surface area (Å²) in [7, 11) is 0. The molecule has 0 saturated heterocycles. The predicted molar refractivity (Wildman–Crippen MR) is 150 cm³/mol. The van der Waals surface area contributed by atoms with Crippen LogP contribution in [-0.4, -0.2) is 28.5 Å². The first-order valence-electron chi connectivity index (χ1n) is 12.5. The lowest BCUT2D eigenvalue weighted by atomic mass is 10.0.